The second-order valence-corrected chi connectivity index (χ2v) is 6.79. The molecule has 28 heavy (non-hydrogen) atoms. The first-order valence-corrected chi connectivity index (χ1v) is 9.01. The highest BCUT2D eigenvalue weighted by Gasteiger charge is 2.33. The highest BCUT2D eigenvalue weighted by atomic mass is 16.7. The van der Waals surface area contributed by atoms with Crippen LogP contribution < -0.4 is 5.90 Å². The SMILES string of the molecule is C=COCC(C)C.CC(C)COC(C)ON.O=C1c2ccccc2C(=O)N1O. The number of hydroxylamine groups is 2. The Balaban J connectivity index is 0.000000410. The quantitative estimate of drug-likeness (QED) is 0.239. The van der Waals surface area contributed by atoms with Crippen molar-refractivity contribution >= 4 is 11.8 Å². The third kappa shape index (κ3) is 9.61. The molecule has 1 aromatic rings. The second-order valence-electron chi connectivity index (χ2n) is 6.79. The van der Waals surface area contributed by atoms with Gasteiger partial charge in [-0.05, 0) is 30.9 Å². The summed E-state index contributed by atoms with van der Waals surface area (Å²) in [6.07, 6.45) is 1.19. The molecule has 158 valence electrons. The highest BCUT2D eigenvalue weighted by molar-refractivity contribution is 6.20. The summed E-state index contributed by atoms with van der Waals surface area (Å²) in [5, 5.41) is 9.05. The number of carbonyl (C=O) groups is 2. The van der Waals surface area contributed by atoms with Gasteiger partial charge in [-0.15, -0.1) is 5.06 Å². The zero-order valence-corrected chi connectivity index (χ0v) is 17.3. The van der Waals surface area contributed by atoms with Crippen molar-refractivity contribution in [3.05, 3.63) is 48.2 Å². The van der Waals surface area contributed by atoms with Crippen LogP contribution >= 0.6 is 0 Å². The lowest BCUT2D eigenvalue weighted by molar-refractivity contribution is -0.138. The molecule has 3 N–H and O–H groups in total. The smallest absolute Gasteiger partial charge is 0.285 e. The van der Waals surface area contributed by atoms with Gasteiger partial charge in [0.05, 0.1) is 30.6 Å². The molecule has 1 atom stereocenters. The predicted octanol–water partition coefficient (Wildman–Crippen LogP) is 3.37. The van der Waals surface area contributed by atoms with Crippen LogP contribution in [0.3, 0.4) is 0 Å². The van der Waals surface area contributed by atoms with Crippen molar-refractivity contribution in [1.29, 1.82) is 0 Å². The zero-order valence-electron chi connectivity index (χ0n) is 17.3. The molecule has 1 heterocycles. The van der Waals surface area contributed by atoms with Gasteiger partial charge in [0, 0.05) is 0 Å². The number of ether oxygens (including phenoxy) is 2. The molecule has 2 amide bonds. The molecule has 0 radical (unpaired) electrons. The number of imide groups is 1. The largest absolute Gasteiger partial charge is 0.502 e. The van der Waals surface area contributed by atoms with E-state index in [-0.39, 0.29) is 22.5 Å². The Labute approximate surface area is 166 Å². The number of hydrogen-bond acceptors (Lipinski definition) is 7. The molecule has 0 aliphatic carbocycles. The summed E-state index contributed by atoms with van der Waals surface area (Å²) in [7, 11) is 0. The van der Waals surface area contributed by atoms with E-state index in [1.54, 1.807) is 19.1 Å². The van der Waals surface area contributed by atoms with Crippen molar-refractivity contribution in [1.82, 2.24) is 5.06 Å². The highest BCUT2D eigenvalue weighted by Crippen LogP contribution is 2.19. The summed E-state index contributed by atoms with van der Waals surface area (Å²) >= 11 is 0. The van der Waals surface area contributed by atoms with Crippen molar-refractivity contribution in [2.24, 2.45) is 17.7 Å². The van der Waals surface area contributed by atoms with Crippen LogP contribution in [-0.2, 0) is 14.3 Å². The molecule has 0 fully saturated rings. The van der Waals surface area contributed by atoms with Gasteiger partial charge in [0.2, 0.25) is 0 Å². The minimum absolute atomic E-state index is 0.130. The molecule has 0 saturated carbocycles. The number of amides is 2. The number of nitrogens with zero attached hydrogens (tertiary/aromatic N) is 1. The van der Waals surface area contributed by atoms with Crippen molar-refractivity contribution in [3.8, 4) is 0 Å². The normalized spacial score (nSPS) is 13.4. The van der Waals surface area contributed by atoms with Crippen LogP contribution in [0.5, 0.6) is 0 Å². The number of hydrogen-bond donors (Lipinski definition) is 2. The minimum Gasteiger partial charge on any atom is -0.502 e. The average molecular weight is 396 g/mol. The fraction of sp³-hybridized carbons (Fsp3) is 0.500. The third-order valence-electron chi connectivity index (χ3n) is 3.18. The van der Waals surface area contributed by atoms with Gasteiger partial charge in [-0.25, -0.2) is 5.90 Å². The number of rotatable bonds is 7. The Morgan fingerprint density at radius 3 is 1.82 bits per heavy atom. The van der Waals surface area contributed by atoms with Gasteiger partial charge in [-0.3, -0.25) is 19.6 Å². The third-order valence-corrected chi connectivity index (χ3v) is 3.18. The number of fused-ring (bicyclic) bond motifs is 1. The van der Waals surface area contributed by atoms with E-state index in [1.165, 1.54) is 18.4 Å². The van der Waals surface area contributed by atoms with Gasteiger partial charge in [0.25, 0.3) is 11.8 Å². The van der Waals surface area contributed by atoms with Crippen LogP contribution in [0.2, 0.25) is 0 Å². The number of benzene rings is 1. The van der Waals surface area contributed by atoms with E-state index in [9.17, 15) is 9.59 Å². The van der Waals surface area contributed by atoms with Gasteiger partial charge >= 0.3 is 0 Å². The predicted molar refractivity (Wildman–Crippen MR) is 105 cm³/mol. The molecule has 1 aliphatic heterocycles. The van der Waals surface area contributed by atoms with E-state index in [2.05, 4.69) is 39.1 Å². The van der Waals surface area contributed by atoms with Crippen molar-refractivity contribution in [2.75, 3.05) is 13.2 Å². The fourth-order valence-electron chi connectivity index (χ4n) is 1.80. The Bertz CT molecular complexity index is 583. The Morgan fingerprint density at radius 1 is 1.04 bits per heavy atom. The van der Waals surface area contributed by atoms with Gasteiger partial charge in [-0.1, -0.05) is 46.4 Å². The standard InChI is InChI=1S/C8H5NO3.C6H15NO2.C6H12O/c10-7-5-3-1-2-4-6(5)8(11)9(7)12;1-5(2)4-8-6(3)9-7;1-4-7-5-6(2)3/h1-4,12H;5-6H,4,7H2,1-3H3;4,6H,1,5H2,2-3H3. The van der Waals surface area contributed by atoms with Crippen LogP contribution in [0.25, 0.3) is 0 Å². The first kappa shape index (κ1) is 25.7. The van der Waals surface area contributed by atoms with Crippen LogP contribution in [-0.4, -0.2) is 41.6 Å². The summed E-state index contributed by atoms with van der Waals surface area (Å²) < 4.78 is 9.96. The molecule has 1 aromatic carbocycles. The molecule has 0 aromatic heterocycles. The first-order chi connectivity index (χ1) is 13.1. The van der Waals surface area contributed by atoms with E-state index in [0.717, 1.165) is 6.61 Å². The van der Waals surface area contributed by atoms with E-state index < -0.39 is 11.8 Å². The lowest BCUT2D eigenvalue weighted by atomic mass is 10.1. The Hall–Kier alpha value is -2.26. The molecule has 2 rings (SSSR count). The monoisotopic (exact) mass is 396 g/mol. The minimum atomic E-state index is -0.657. The molecule has 0 bridgehead atoms. The van der Waals surface area contributed by atoms with E-state index in [0.29, 0.717) is 18.4 Å². The van der Waals surface area contributed by atoms with Gasteiger partial charge in [0.1, 0.15) is 0 Å². The van der Waals surface area contributed by atoms with Gasteiger partial charge < -0.3 is 9.47 Å². The maximum atomic E-state index is 11.1. The number of nitrogens with two attached hydrogens (primary N) is 1. The molecule has 1 aliphatic rings. The summed E-state index contributed by atoms with van der Waals surface area (Å²) in [6.45, 7) is 15.0. The maximum Gasteiger partial charge on any atom is 0.285 e. The van der Waals surface area contributed by atoms with Crippen molar-refractivity contribution < 1.29 is 29.1 Å². The van der Waals surface area contributed by atoms with Crippen molar-refractivity contribution in [2.45, 2.75) is 40.9 Å². The van der Waals surface area contributed by atoms with Gasteiger partial charge in [0.15, 0.2) is 6.29 Å². The van der Waals surface area contributed by atoms with E-state index in [1.807, 2.05) is 0 Å². The lowest BCUT2D eigenvalue weighted by Gasteiger charge is -2.11. The lowest BCUT2D eigenvalue weighted by Crippen LogP contribution is -2.25. The van der Waals surface area contributed by atoms with Crippen LogP contribution in [0.4, 0.5) is 0 Å². The molecule has 0 saturated heterocycles. The first-order valence-electron chi connectivity index (χ1n) is 9.01. The van der Waals surface area contributed by atoms with Crippen molar-refractivity contribution in [3.63, 3.8) is 0 Å². The Kier molecular flexibility index (Phi) is 12.7. The summed E-state index contributed by atoms with van der Waals surface area (Å²) in [5.41, 5.74) is 0.509. The fourth-order valence-corrected chi connectivity index (χ4v) is 1.80. The average Bonchev–Trinajstić information content (AvgIpc) is 2.90. The van der Waals surface area contributed by atoms with Crippen LogP contribution in [0.1, 0.15) is 55.3 Å². The Morgan fingerprint density at radius 2 is 1.50 bits per heavy atom. The molecule has 0 spiro atoms. The molecule has 8 heteroatoms. The molecular formula is C20H32N2O6. The number of carbonyl (C=O) groups excluding carboxylic acids is 2. The van der Waals surface area contributed by atoms with Crippen LogP contribution in [0, 0.1) is 11.8 Å². The summed E-state index contributed by atoms with van der Waals surface area (Å²) in [6, 6.07) is 6.30. The van der Waals surface area contributed by atoms with Gasteiger partial charge in [-0.2, -0.15) is 0 Å². The van der Waals surface area contributed by atoms with Crippen LogP contribution in [0.15, 0.2) is 37.1 Å². The second kappa shape index (κ2) is 13.8. The van der Waals surface area contributed by atoms with E-state index in [4.69, 9.17) is 20.6 Å². The molecule has 1 unspecified atom stereocenters. The molecular weight excluding hydrogens is 364 g/mol. The molecule has 8 nitrogen and oxygen atoms in total. The zero-order chi connectivity index (χ0) is 21.7. The topological polar surface area (TPSA) is 111 Å². The summed E-state index contributed by atoms with van der Waals surface area (Å²) in [4.78, 5) is 26.5. The maximum absolute atomic E-state index is 11.1. The summed E-state index contributed by atoms with van der Waals surface area (Å²) in [5.74, 6) is 4.66. The van der Waals surface area contributed by atoms with E-state index >= 15 is 0 Å².